The van der Waals surface area contributed by atoms with Gasteiger partial charge >= 0.3 is 11.8 Å². The van der Waals surface area contributed by atoms with E-state index in [0.717, 1.165) is 11.3 Å². The maximum atomic E-state index is 12.7. The Morgan fingerprint density at radius 3 is 2.39 bits per heavy atom. The van der Waals surface area contributed by atoms with Crippen LogP contribution in [-0.4, -0.2) is 88.4 Å². The summed E-state index contributed by atoms with van der Waals surface area (Å²) >= 11 is 0. The molecule has 0 bridgehead atoms. The molecule has 0 aliphatic carbocycles. The fraction of sp³-hybridized carbons (Fsp3) is 0.579. The number of nitrogens with one attached hydrogen (secondary N) is 1. The third-order valence-electron chi connectivity index (χ3n) is 4.75. The van der Waals surface area contributed by atoms with Crippen molar-refractivity contribution in [3.8, 4) is 5.75 Å². The smallest absolute Gasteiger partial charge is 0.312 e. The summed E-state index contributed by atoms with van der Waals surface area (Å²) in [5.41, 5.74) is 1.01. The summed E-state index contributed by atoms with van der Waals surface area (Å²) in [7, 11) is 2.18. The highest BCUT2D eigenvalue weighted by atomic mass is 32.2. The number of nitrogens with zero attached hydrogens (tertiary/aromatic N) is 2. The highest BCUT2D eigenvalue weighted by molar-refractivity contribution is 7.91. The Kier molecular flexibility index (Phi) is 7.82. The normalized spacial score (nSPS) is 18.1. The fourth-order valence-electron chi connectivity index (χ4n) is 3.10. The van der Waals surface area contributed by atoms with E-state index in [1.807, 2.05) is 43.3 Å². The minimum Gasteiger partial charge on any atom is -0.497 e. The monoisotopic (exact) mass is 411 g/mol. The molecular weight excluding hydrogens is 382 g/mol. The van der Waals surface area contributed by atoms with Crippen LogP contribution in [0, 0.1) is 0 Å². The number of hydrogen-bond donors (Lipinski definition) is 1. The first kappa shape index (κ1) is 22.2. The van der Waals surface area contributed by atoms with E-state index in [1.165, 1.54) is 4.90 Å². The first-order chi connectivity index (χ1) is 13.2. The first-order valence-corrected chi connectivity index (χ1v) is 11.1. The largest absolute Gasteiger partial charge is 0.497 e. The number of carbonyl (C=O) groups is 2. The van der Waals surface area contributed by atoms with E-state index in [-0.39, 0.29) is 11.5 Å². The first-order valence-electron chi connectivity index (χ1n) is 9.28. The maximum Gasteiger partial charge on any atom is 0.312 e. The second-order valence-electron chi connectivity index (χ2n) is 7.21. The molecule has 1 fully saturated rings. The molecule has 156 valence electrons. The van der Waals surface area contributed by atoms with Crippen molar-refractivity contribution in [2.24, 2.45) is 0 Å². The van der Waals surface area contributed by atoms with Crippen molar-refractivity contribution in [1.29, 1.82) is 0 Å². The van der Waals surface area contributed by atoms with Gasteiger partial charge in [-0.25, -0.2) is 8.42 Å². The van der Waals surface area contributed by atoms with Crippen LogP contribution < -0.4 is 10.1 Å². The third kappa shape index (κ3) is 6.49. The van der Waals surface area contributed by atoms with Crippen molar-refractivity contribution in [1.82, 2.24) is 15.1 Å². The lowest BCUT2D eigenvalue weighted by Crippen LogP contribution is -2.50. The van der Waals surface area contributed by atoms with Crippen molar-refractivity contribution >= 4 is 21.7 Å². The van der Waals surface area contributed by atoms with Gasteiger partial charge < -0.3 is 19.9 Å². The van der Waals surface area contributed by atoms with E-state index in [0.29, 0.717) is 32.5 Å². The zero-order chi connectivity index (χ0) is 20.7. The molecule has 1 atom stereocenters. The van der Waals surface area contributed by atoms with E-state index < -0.39 is 27.7 Å². The molecule has 9 heteroatoms. The summed E-state index contributed by atoms with van der Waals surface area (Å²) in [6, 6.07) is 7.04. The highest BCUT2D eigenvalue weighted by Gasteiger charge is 2.36. The molecule has 1 heterocycles. The van der Waals surface area contributed by atoms with Gasteiger partial charge in [-0.15, -0.1) is 0 Å². The minimum absolute atomic E-state index is 0.0580. The van der Waals surface area contributed by atoms with Crippen molar-refractivity contribution < 1.29 is 22.7 Å². The van der Waals surface area contributed by atoms with E-state index in [9.17, 15) is 18.0 Å². The molecule has 2 rings (SSSR count). The molecule has 1 N–H and O–H groups in total. The summed E-state index contributed by atoms with van der Waals surface area (Å²) in [5, 5.41) is 2.65. The second kappa shape index (κ2) is 9.88. The Labute approximate surface area is 166 Å². The number of amides is 2. The molecular formula is C19H29N3O5S. The summed E-state index contributed by atoms with van der Waals surface area (Å²) in [5.74, 6) is -0.630. The molecule has 1 unspecified atom stereocenters. The van der Waals surface area contributed by atoms with Gasteiger partial charge in [-0.1, -0.05) is 12.1 Å². The molecule has 1 saturated heterocycles. The van der Waals surface area contributed by atoms with Crippen molar-refractivity contribution in [2.45, 2.75) is 18.9 Å². The molecule has 0 saturated carbocycles. The average molecular weight is 412 g/mol. The Bertz CT molecular complexity index is 777. The van der Waals surface area contributed by atoms with Gasteiger partial charge in [0.2, 0.25) is 0 Å². The highest BCUT2D eigenvalue weighted by Crippen LogP contribution is 2.18. The molecule has 0 spiro atoms. The minimum atomic E-state index is -3.15. The summed E-state index contributed by atoms with van der Waals surface area (Å²) < 4.78 is 28.7. The molecule has 1 aliphatic heterocycles. The zero-order valence-electron chi connectivity index (χ0n) is 16.7. The Morgan fingerprint density at radius 1 is 1.18 bits per heavy atom. The lowest BCUT2D eigenvalue weighted by atomic mass is 10.1. The number of methoxy groups -OCH3 is 1. The van der Waals surface area contributed by atoms with Crippen LogP contribution in [0.4, 0.5) is 0 Å². The Morgan fingerprint density at radius 2 is 1.86 bits per heavy atom. The molecule has 28 heavy (non-hydrogen) atoms. The number of likely N-dealkylation sites (N-methyl/N-ethyl adjacent to an activating group) is 1. The average Bonchev–Trinajstić information content (AvgIpc) is 3.01. The second-order valence-corrected chi connectivity index (χ2v) is 9.44. The predicted molar refractivity (Wildman–Crippen MR) is 107 cm³/mol. The van der Waals surface area contributed by atoms with Gasteiger partial charge in [-0.05, 0) is 44.6 Å². The van der Waals surface area contributed by atoms with E-state index >= 15 is 0 Å². The van der Waals surface area contributed by atoms with Crippen LogP contribution in [0.3, 0.4) is 0 Å². The van der Waals surface area contributed by atoms with Gasteiger partial charge in [0, 0.05) is 25.7 Å². The summed E-state index contributed by atoms with van der Waals surface area (Å²) in [6.45, 7) is 1.20. The van der Waals surface area contributed by atoms with Crippen LogP contribution in [0.15, 0.2) is 24.3 Å². The number of carbonyl (C=O) groups excluding carboxylic acids is 2. The van der Waals surface area contributed by atoms with Crippen LogP contribution in [-0.2, 0) is 25.8 Å². The summed E-state index contributed by atoms with van der Waals surface area (Å²) in [6.07, 6.45) is 0.957. The van der Waals surface area contributed by atoms with Crippen LogP contribution in [0.1, 0.15) is 12.0 Å². The zero-order valence-corrected chi connectivity index (χ0v) is 17.5. The Balaban J connectivity index is 1.92. The van der Waals surface area contributed by atoms with Crippen LogP contribution in [0.5, 0.6) is 5.75 Å². The van der Waals surface area contributed by atoms with E-state index in [1.54, 1.807) is 7.11 Å². The lowest BCUT2D eigenvalue weighted by molar-refractivity contribution is -0.147. The molecule has 1 aliphatic rings. The standard InChI is InChI=1S/C19H29N3O5S/c1-21(2)11-12-22(16-9-13-28(25,26)14-16)19(24)18(23)20-10-8-15-4-6-17(27-3)7-5-15/h4-7,16H,8-14H2,1-3H3,(H,20,23). The van der Waals surface area contributed by atoms with Crippen LogP contribution >= 0.6 is 0 Å². The van der Waals surface area contributed by atoms with Crippen molar-refractivity contribution in [3.05, 3.63) is 29.8 Å². The quantitative estimate of drug-likeness (QED) is 0.602. The van der Waals surface area contributed by atoms with Gasteiger partial charge in [0.1, 0.15) is 5.75 Å². The molecule has 1 aromatic carbocycles. The number of hydrogen-bond acceptors (Lipinski definition) is 6. The van der Waals surface area contributed by atoms with Gasteiger partial charge in [-0.3, -0.25) is 9.59 Å². The van der Waals surface area contributed by atoms with Crippen LogP contribution in [0.25, 0.3) is 0 Å². The number of benzene rings is 1. The van der Waals surface area contributed by atoms with Crippen LogP contribution in [0.2, 0.25) is 0 Å². The molecule has 1 aromatic rings. The van der Waals surface area contributed by atoms with Gasteiger partial charge in [-0.2, -0.15) is 0 Å². The van der Waals surface area contributed by atoms with Gasteiger partial charge in [0.15, 0.2) is 9.84 Å². The van der Waals surface area contributed by atoms with Crippen molar-refractivity contribution in [2.75, 3.05) is 52.3 Å². The Hall–Kier alpha value is -2.13. The predicted octanol–water partition coefficient (Wildman–Crippen LogP) is -0.0688. The van der Waals surface area contributed by atoms with Crippen molar-refractivity contribution in [3.63, 3.8) is 0 Å². The van der Waals surface area contributed by atoms with Gasteiger partial charge in [0.05, 0.1) is 18.6 Å². The maximum absolute atomic E-state index is 12.7. The molecule has 8 nitrogen and oxygen atoms in total. The summed E-state index contributed by atoms with van der Waals surface area (Å²) in [4.78, 5) is 28.3. The van der Waals surface area contributed by atoms with E-state index in [4.69, 9.17) is 4.74 Å². The fourth-order valence-corrected chi connectivity index (χ4v) is 4.83. The SMILES string of the molecule is COc1ccc(CCNC(=O)C(=O)N(CCN(C)C)C2CCS(=O)(=O)C2)cc1. The lowest BCUT2D eigenvalue weighted by Gasteiger charge is -2.28. The third-order valence-corrected chi connectivity index (χ3v) is 6.50. The topological polar surface area (TPSA) is 96.0 Å². The number of ether oxygens (including phenoxy) is 1. The molecule has 0 aromatic heterocycles. The van der Waals surface area contributed by atoms with E-state index in [2.05, 4.69) is 5.32 Å². The number of rotatable bonds is 8. The molecule has 2 amide bonds. The number of sulfone groups is 1. The molecule has 0 radical (unpaired) electrons. The van der Waals surface area contributed by atoms with Gasteiger partial charge in [0.25, 0.3) is 0 Å².